The molecule has 168 valence electrons. The molecule has 32 heavy (non-hydrogen) atoms. The summed E-state index contributed by atoms with van der Waals surface area (Å²) >= 11 is 0. The predicted octanol–water partition coefficient (Wildman–Crippen LogP) is 3.42. The van der Waals surface area contributed by atoms with Gasteiger partial charge in [0, 0.05) is 26.2 Å². The van der Waals surface area contributed by atoms with E-state index in [4.69, 9.17) is 4.52 Å². The van der Waals surface area contributed by atoms with Crippen LogP contribution >= 0.6 is 0 Å². The van der Waals surface area contributed by atoms with Crippen molar-refractivity contribution >= 4 is 15.9 Å². The van der Waals surface area contributed by atoms with Crippen molar-refractivity contribution in [2.75, 3.05) is 26.2 Å². The van der Waals surface area contributed by atoms with Gasteiger partial charge in [-0.1, -0.05) is 59.8 Å². The van der Waals surface area contributed by atoms with E-state index in [1.54, 1.807) is 18.7 Å². The monoisotopic (exact) mass is 453 g/mol. The van der Waals surface area contributed by atoms with Crippen LogP contribution in [0.5, 0.6) is 0 Å². The Morgan fingerprint density at radius 3 is 2.28 bits per heavy atom. The van der Waals surface area contributed by atoms with Crippen LogP contribution in [0.4, 0.5) is 0 Å². The van der Waals surface area contributed by atoms with Crippen LogP contribution in [0.3, 0.4) is 0 Å². The van der Waals surface area contributed by atoms with Crippen molar-refractivity contribution in [1.82, 2.24) is 14.4 Å². The van der Waals surface area contributed by atoms with E-state index in [1.807, 2.05) is 42.5 Å². The van der Waals surface area contributed by atoms with Crippen LogP contribution in [0.1, 0.15) is 23.4 Å². The first-order valence-corrected chi connectivity index (χ1v) is 12.2. The van der Waals surface area contributed by atoms with Crippen LogP contribution in [0.25, 0.3) is 11.1 Å². The maximum atomic E-state index is 13.1. The highest BCUT2D eigenvalue weighted by Gasteiger charge is 2.32. The van der Waals surface area contributed by atoms with E-state index in [0.29, 0.717) is 43.9 Å². The normalized spacial score (nSPS) is 15.5. The van der Waals surface area contributed by atoms with Crippen molar-refractivity contribution in [1.29, 1.82) is 0 Å². The summed E-state index contributed by atoms with van der Waals surface area (Å²) in [6, 6.07) is 18.1. The van der Waals surface area contributed by atoms with Crippen molar-refractivity contribution in [3.8, 4) is 11.1 Å². The Hall–Kier alpha value is -2.97. The van der Waals surface area contributed by atoms with E-state index in [1.165, 1.54) is 4.31 Å². The molecule has 3 aromatic rings. The molecule has 0 radical (unpaired) electrons. The molecule has 8 heteroatoms. The lowest BCUT2D eigenvalue weighted by Gasteiger charge is -2.22. The smallest absolute Gasteiger partial charge is 0.248 e. The molecule has 0 atom stereocenters. The van der Waals surface area contributed by atoms with Gasteiger partial charge in [0.15, 0.2) is 5.76 Å². The summed E-state index contributed by atoms with van der Waals surface area (Å²) in [7, 11) is -3.70. The summed E-state index contributed by atoms with van der Waals surface area (Å²) in [6.07, 6.45) is 0.882. The van der Waals surface area contributed by atoms with Gasteiger partial charge in [0.1, 0.15) is 10.6 Å². The number of hydrogen-bond donors (Lipinski definition) is 0. The Morgan fingerprint density at radius 1 is 0.938 bits per heavy atom. The van der Waals surface area contributed by atoms with Gasteiger partial charge in [-0.25, -0.2) is 8.42 Å². The first kappa shape index (κ1) is 22.2. The Bertz CT molecular complexity index is 1170. The average molecular weight is 454 g/mol. The average Bonchev–Trinajstić information content (AvgIpc) is 2.99. The number of hydrogen-bond acceptors (Lipinski definition) is 5. The van der Waals surface area contributed by atoms with Crippen LogP contribution in [0.15, 0.2) is 64.0 Å². The summed E-state index contributed by atoms with van der Waals surface area (Å²) in [5.74, 6) is 0.299. The molecular weight excluding hydrogens is 426 g/mol. The second kappa shape index (κ2) is 9.26. The fraction of sp³-hybridized carbons (Fsp3) is 0.333. The minimum Gasteiger partial charge on any atom is -0.360 e. The minimum atomic E-state index is -3.70. The van der Waals surface area contributed by atoms with Crippen LogP contribution in [-0.2, 0) is 21.2 Å². The molecule has 1 aliphatic rings. The lowest BCUT2D eigenvalue weighted by atomic mass is 10.0. The molecule has 1 amide bonds. The van der Waals surface area contributed by atoms with E-state index in [-0.39, 0.29) is 17.3 Å². The Balaban J connectivity index is 1.40. The van der Waals surface area contributed by atoms with Crippen LogP contribution in [-0.4, -0.2) is 54.9 Å². The standard InChI is InChI=1S/C24H27N3O4S/c1-18-24(19(2)31-25-18)32(29,30)27-14-6-13-26(15-16-27)23(28)17-20-9-11-22(12-10-20)21-7-4-3-5-8-21/h3-5,7-12H,6,13-17H2,1-2H3. The zero-order chi connectivity index (χ0) is 22.7. The lowest BCUT2D eigenvalue weighted by molar-refractivity contribution is -0.130. The quantitative estimate of drug-likeness (QED) is 0.591. The van der Waals surface area contributed by atoms with Crippen molar-refractivity contribution in [3.05, 3.63) is 71.6 Å². The summed E-state index contributed by atoms with van der Waals surface area (Å²) in [5, 5.41) is 3.77. The van der Waals surface area contributed by atoms with Gasteiger partial charge in [0.25, 0.3) is 0 Å². The van der Waals surface area contributed by atoms with Gasteiger partial charge in [0.2, 0.25) is 15.9 Å². The van der Waals surface area contributed by atoms with E-state index >= 15 is 0 Å². The maximum absolute atomic E-state index is 13.1. The fourth-order valence-electron chi connectivity index (χ4n) is 4.09. The lowest BCUT2D eigenvalue weighted by Crippen LogP contribution is -2.38. The number of carbonyl (C=O) groups excluding carboxylic acids is 1. The van der Waals surface area contributed by atoms with Gasteiger partial charge < -0.3 is 9.42 Å². The Labute approximate surface area is 188 Å². The summed E-state index contributed by atoms with van der Waals surface area (Å²) in [5.41, 5.74) is 3.55. The summed E-state index contributed by atoms with van der Waals surface area (Å²) in [6.45, 7) is 4.74. The highest BCUT2D eigenvalue weighted by atomic mass is 32.2. The molecule has 0 unspecified atom stereocenters. The van der Waals surface area contributed by atoms with E-state index < -0.39 is 10.0 Å². The number of aromatic nitrogens is 1. The van der Waals surface area contributed by atoms with Gasteiger partial charge in [0.05, 0.1) is 6.42 Å². The van der Waals surface area contributed by atoms with Crippen molar-refractivity contribution < 1.29 is 17.7 Å². The molecule has 0 spiro atoms. The van der Waals surface area contributed by atoms with Gasteiger partial charge in [-0.3, -0.25) is 4.79 Å². The minimum absolute atomic E-state index is 0.00838. The number of rotatable bonds is 5. The van der Waals surface area contributed by atoms with E-state index in [0.717, 1.165) is 16.7 Å². The number of nitrogens with zero attached hydrogens (tertiary/aromatic N) is 3. The predicted molar refractivity (Wildman–Crippen MR) is 122 cm³/mol. The topological polar surface area (TPSA) is 83.7 Å². The third kappa shape index (κ3) is 4.61. The largest absolute Gasteiger partial charge is 0.360 e. The molecular formula is C24H27N3O4S. The molecule has 1 aliphatic heterocycles. The summed E-state index contributed by atoms with van der Waals surface area (Å²) in [4.78, 5) is 14.8. The fourth-order valence-corrected chi connectivity index (χ4v) is 5.85. The molecule has 0 saturated carbocycles. The Morgan fingerprint density at radius 2 is 1.62 bits per heavy atom. The van der Waals surface area contributed by atoms with Gasteiger partial charge >= 0.3 is 0 Å². The molecule has 0 aliphatic carbocycles. The number of benzene rings is 2. The van der Waals surface area contributed by atoms with Crippen molar-refractivity contribution in [2.45, 2.75) is 31.6 Å². The molecule has 0 bridgehead atoms. The Kier molecular flexibility index (Phi) is 6.43. The highest BCUT2D eigenvalue weighted by molar-refractivity contribution is 7.89. The SMILES string of the molecule is Cc1noc(C)c1S(=O)(=O)N1CCCN(C(=O)Cc2ccc(-c3ccccc3)cc2)CC1. The number of aryl methyl sites for hydroxylation is 2. The maximum Gasteiger partial charge on any atom is 0.248 e. The zero-order valence-corrected chi connectivity index (χ0v) is 19.1. The highest BCUT2D eigenvalue weighted by Crippen LogP contribution is 2.24. The van der Waals surface area contributed by atoms with Gasteiger partial charge in [-0.05, 0) is 37.0 Å². The number of carbonyl (C=O) groups is 1. The number of amides is 1. The molecule has 1 fully saturated rings. The molecule has 1 aromatic heterocycles. The molecule has 0 N–H and O–H groups in total. The molecule has 4 rings (SSSR count). The molecule has 1 saturated heterocycles. The van der Waals surface area contributed by atoms with Crippen LogP contribution in [0.2, 0.25) is 0 Å². The van der Waals surface area contributed by atoms with Crippen LogP contribution < -0.4 is 0 Å². The molecule has 2 heterocycles. The second-order valence-electron chi connectivity index (χ2n) is 8.03. The molecule has 7 nitrogen and oxygen atoms in total. The summed E-state index contributed by atoms with van der Waals surface area (Å²) < 4.78 is 32.6. The van der Waals surface area contributed by atoms with E-state index in [2.05, 4.69) is 17.3 Å². The third-order valence-corrected chi connectivity index (χ3v) is 7.93. The number of sulfonamides is 1. The first-order chi connectivity index (χ1) is 15.4. The third-order valence-electron chi connectivity index (χ3n) is 5.79. The van der Waals surface area contributed by atoms with Gasteiger partial charge in [-0.15, -0.1) is 0 Å². The van der Waals surface area contributed by atoms with Gasteiger partial charge in [-0.2, -0.15) is 4.31 Å². The molecule has 2 aromatic carbocycles. The van der Waals surface area contributed by atoms with E-state index in [9.17, 15) is 13.2 Å². The first-order valence-electron chi connectivity index (χ1n) is 10.7. The van der Waals surface area contributed by atoms with Crippen LogP contribution in [0, 0.1) is 13.8 Å². The zero-order valence-electron chi connectivity index (χ0n) is 18.3. The van der Waals surface area contributed by atoms with Crippen molar-refractivity contribution in [3.63, 3.8) is 0 Å². The second-order valence-corrected chi connectivity index (χ2v) is 9.91. The van der Waals surface area contributed by atoms with Crippen molar-refractivity contribution in [2.24, 2.45) is 0 Å².